The predicted molar refractivity (Wildman–Crippen MR) is 208 cm³/mol. The van der Waals surface area contributed by atoms with Crippen LogP contribution in [-0.4, -0.2) is 27.5 Å². The SMILES string of the molecule is C1=CC2=NC3=C(NC2C=C1)c1cccc2c1c3cc1c3ccccc3n(C3=NC(c4ccc5ccccc5c4)C4Sc5ccccc5C4N3)c21. The van der Waals surface area contributed by atoms with Crippen LogP contribution < -0.4 is 10.6 Å². The molecule has 0 fully saturated rings. The molecule has 0 saturated heterocycles. The smallest absolute Gasteiger partial charge is 0.204 e. The zero-order valence-corrected chi connectivity index (χ0v) is 27.7. The molecule has 50 heavy (non-hydrogen) atoms. The first-order chi connectivity index (χ1) is 24.8. The Morgan fingerprint density at radius 3 is 2.54 bits per heavy atom. The number of fused-ring (bicyclic) bond motifs is 11. The Morgan fingerprint density at radius 2 is 1.56 bits per heavy atom. The number of aliphatic imine (C=N–C) groups is 2. The van der Waals surface area contributed by atoms with E-state index in [9.17, 15) is 0 Å². The molecule has 4 heterocycles. The molecule has 6 heteroatoms. The van der Waals surface area contributed by atoms with Crippen molar-refractivity contribution in [3.63, 3.8) is 0 Å². The highest BCUT2D eigenvalue weighted by atomic mass is 32.2. The van der Waals surface area contributed by atoms with Crippen LogP contribution in [0.5, 0.6) is 0 Å². The molecule has 4 atom stereocenters. The highest BCUT2D eigenvalue weighted by molar-refractivity contribution is 8.00. The van der Waals surface area contributed by atoms with E-state index in [2.05, 4.69) is 155 Å². The molecule has 1 aromatic heterocycles. The van der Waals surface area contributed by atoms with Gasteiger partial charge in [0.15, 0.2) is 0 Å². The van der Waals surface area contributed by atoms with Crippen LogP contribution in [0.2, 0.25) is 0 Å². The van der Waals surface area contributed by atoms with Crippen molar-refractivity contribution in [3.8, 4) is 0 Å². The van der Waals surface area contributed by atoms with Gasteiger partial charge in [0.1, 0.15) is 0 Å². The maximum absolute atomic E-state index is 5.70. The molecular weight excluding hydrogens is 631 g/mol. The number of aromatic nitrogens is 1. The summed E-state index contributed by atoms with van der Waals surface area (Å²) in [7, 11) is 0. The average molecular weight is 660 g/mol. The molecule has 12 rings (SSSR count). The van der Waals surface area contributed by atoms with Crippen molar-refractivity contribution in [2.24, 2.45) is 9.98 Å². The van der Waals surface area contributed by atoms with E-state index < -0.39 is 0 Å². The number of allylic oxidation sites excluding steroid dienone is 2. The number of nitrogens with zero attached hydrogens (tertiary/aromatic N) is 3. The lowest BCUT2D eigenvalue weighted by atomic mass is 9.92. The van der Waals surface area contributed by atoms with E-state index in [1.54, 1.807) is 0 Å². The summed E-state index contributed by atoms with van der Waals surface area (Å²) >= 11 is 1.96. The molecule has 7 aromatic rings. The molecule has 3 aliphatic heterocycles. The number of hydrogen-bond acceptors (Lipinski definition) is 5. The molecule has 2 N–H and O–H groups in total. The van der Waals surface area contributed by atoms with Crippen molar-refractivity contribution >= 4 is 78.2 Å². The molecule has 0 saturated carbocycles. The maximum atomic E-state index is 5.70. The Kier molecular flexibility index (Phi) is 5.33. The van der Waals surface area contributed by atoms with Crippen LogP contribution in [0.4, 0.5) is 0 Å². The lowest BCUT2D eigenvalue weighted by Crippen LogP contribution is -2.43. The summed E-state index contributed by atoms with van der Waals surface area (Å²) in [4.78, 5) is 12.3. The van der Waals surface area contributed by atoms with Gasteiger partial charge in [-0.15, -0.1) is 11.8 Å². The molecule has 5 nitrogen and oxygen atoms in total. The van der Waals surface area contributed by atoms with Crippen LogP contribution in [0.25, 0.3) is 54.7 Å². The van der Waals surface area contributed by atoms with Crippen LogP contribution in [0.1, 0.15) is 34.3 Å². The van der Waals surface area contributed by atoms with Crippen LogP contribution >= 0.6 is 11.8 Å². The Morgan fingerprint density at radius 1 is 0.700 bits per heavy atom. The summed E-state index contributed by atoms with van der Waals surface area (Å²) in [6.07, 6.45) is 8.49. The fraction of sp³-hybridized carbons (Fsp3) is 0.0909. The zero-order chi connectivity index (χ0) is 32.5. The van der Waals surface area contributed by atoms with E-state index in [-0.39, 0.29) is 23.4 Å². The quantitative estimate of drug-likeness (QED) is 0.185. The first-order valence-corrected chi connectivity index (χ1v) is 18.2. The molecule has 6 aromatic carbocycles. The van der Waals surface area contributed by atoms with E-state index in [1.165, 1.54) is 65.0 Å². The highest BCUT2D eigenvalue weighted by Crippen LogP contribution is 2.53. The van der Waals surface area contributed by atoms with Crippen molar-refractivity contribution < 1.29 is 0 Å². The van der Waals surface area contributed by atoms with Gasteiger partial charge in [0, 0.05) is 37.6 Å². The summed E-state index contributed by atoms with van der Waals surface area (Å²) in [6.45, 7) is 0. The van der Waals surface area contributed by atoms with Crippen LogP contribution in [-0.2, 0) is 0 Å². The molecule has 5 aliphatic rings. The Bertz CT molecular complexity index is 2830. The standard InChI is InChI=1S/C44H29N5S/c1-2-11-25-22-26(21-20-24(25)10-1)38-43-41(28-13-4-8-19-36(28)50-43)48-44(47-38)49-35-18-7-3-12-27(35)31-23-32-37-29(14-9-15-30(37)42(31)49)39-40(32)46-34-17-6-5-16-33(34)45-39/h1-23,33,38,41,43,45H,(H,47,48). The number of hydrogen-bond donors (Lipinski definition) is 2. The minimum atomic E-state index is -0.0373. The fourth-order valence-corrected chi connectivity index (χ4v) is 10.4. The van der Waals surface area contributed by atoms with Crippen molar-refractivity contribution in [1.29, 1.82) is 0 Å². The summed E-state index contributed by atoms with van der Waals surface area (Å²) in [5, 5.41) is 15.5. The van der Waals surface area contributed by atoms with E-state index >= 15 is 0 Å². The first-order valence-electron chi connectivity index (χ1n) is 17.3. The molecule has 0 amide bonds. The third-order valence-corrected chi connectivity index (χ3v) is 12.6. The number of benzene rings is 6. The maximum Gasteiger partial charge on any atom is 0.204 e. The number of para-hydroxylation sites is 1. The molecule has 0 radical (unpaired) electrons. The van der Waals surface area contributed by atoms with Crippen LogP contribution in [0, 0.1) is 0 Å². The van der Waals surface area contributed by atoms with Gasteiger partial charge in [0.2, 0.25) is 5.96 Å². The first kappa shape index (κ1) is 27.0. The van der Waals surface area contributed by atoms with Crippen molar-refractivity contribution in [2.75, 3.05) is 0 Å². The summed E-state index contributed by atoms with van der Waals surface area (Å²) in [5.74, 6) is 0.893. The second-order valence-electron chi connectivity index (χ2n) is 13.8. The van der Waals surface area contributed by atoms with Crippen LogP contribution in [0.3, 0.4) is 0 Å². The minimum Gasteiger partial charge on any atom is -0.371 e. The number of rotatable bonds is 1. The van der Waals surface area contributed by atoms with Crippen LogP contribution in [0.15, 0.2) is 154 Å². The molecule has 2 aliphatic carbocycles. The Labute approximate surface area is 292 Å². The van der Waals surface area contributed by atoms with Gasteiger partial charge in [-0.2, -0.15) is 0 Å². The molecule has 0 bridgehead atoms. The predicted octanol–water partition coefficient (Wildman–Crippen LogP) is 9.54. The fourth-order valence-electron chi connectivity index (χ4n) is 8.92. The average Bonchev–Trinajstić information content (AvgIpc) is 3.82. The lowest BCUT2D eigenvalue weighted by molar-refractivity contribution is 0.506. The highest BCUT2D eigenvalue weighted by Gasteiger charge is 2.43. The number of nitrogens with one attached hydrogen (secondary N) is 2. The number of thioether (sulfide) groups is 1. The molecular formula is C44H29N5S. The molecule has 4 unspecified atom stereocenters. The van der Waals surface area contributed by atoms with Gasteiger partial charge in [0.25, 0.3) is 0 Å². The van der Waals surface area contributed by atoms with E-state index in [0.29, 0.717) is 0 Å². The minimum absolute atomic E-state index is 0.0373. The normalized spacial score (nSPS) is 22.6. The van der Waals surface area contributed by atoms with Crippen molar-refractivity contribution in [1.82, 2.24) is 15.2 Å². The monoisotopic (exact) mass is 659 g/mol. The van der Waals surface area contributed by atoms with Gasteiger partial charge in [-0.25, -0.2) is 9.98 Å². The van der Waals surface area contributed by atoms with Crippen molar-refractivity contribution in [2.45, 2.75) is 28.3 Å². The lowest BCUT2D eigenvalue weighted by Gasteiger charge is -2.34. The second-order valence-corrected chi connectivity index (χ2v) is 15.0. The third-order valence-electron chi connectivity index (χ3n) is 11.1. The van der Waals surface area contributed by atoms with Gasteiger partial charge in [-0.1, -0.05) is 109 Å². The topological polar surface area (TPSA) is 53.7 Å². The van der Waals surface area contributed by atoms with Gasteiger partial charge >= 0.3 is 0 Å². The summed E-state index contributed by atoms with van der Waals surface area (Å²) in [5.41, 5.74) is 10.5. The summed E-state index contributed by atoms with van der Waals surface area (Å²) in [6, 6.07) is 42.5. The Hall–Kier alpha value is -5.85. The van der Waals surface area contributed by atoms with Gasteiger partial charge in [0.05, 0.1) is 51.5 Å². The van der Waals surface area contributed by atoms with E-state index in [4.69, 9.17) is 9.98 Å². The van der Waals surface area contributed by atoms with Gasteiger partial charge in [-0.05, 0) is 52.2 Å². The largest absolute Gasteiger partial charge is 0.371 e. The molecule has 0 spiro atoms. The zero-order valence-electron chi connectivity index (χ0n) is 26.8. The molecule has 236 valence electrons. The van der Waals surface area contributed by atoms with Crippen molar-refractivity contribution in [3.05, 3.63) is 162 Å². The van der Waals surface area contributed by atoms with Gasteiger partial charge < -0.3 is 10.6 Å². The third kappa shape index (κ3) is 3.58. The summed E-state index contributed by atoms with van der Waals surface area (Å²) < 4.78 is 2.41. The van der Waals surface area contributed by atoms with E-state index in [0.717, 1.165) is 28.6 Å². The van der Waals surface area contributed by atoms with E-state index in [1.807, 2.05) is 11.8 Å². The second kappa shape index (κ2) is 9.87. The Balaban J connectivity index is 1.12. The van der Waals surface area contributed by atoms with Gasteiger partial charge in [-0.3, -0.25) is 4.57 Å².